The van der Waals surface area contributed by atoms with Gasteiger partial charge in [0.2, 0.25) is 0 Å². The third-order valence-electron chi connectivity index (χ3n) is 3.46. The smallest absolute Gasteiger partial charge is 0.324 e. The van der Waals surface area contributed by atoms with Crippen LogP contribution >= 0.6 is 11.3 Å². The molecule has 0 aliphatic carbocycles. The molecule has 0 unspecified atom stereocenters. The number of amides is 1. The van der Waals surface area contributed by atoms with Gasteiger partial charge in [-0.05, 0) is 37.8 Å². The average molecular weight is 283 g/mol. The van der Waals surface area contributed by atoms with Crippen molar-refractivity contribution >= 4 is 22.2 Å². The number of likely N-dealkylation sites (tertiary alicyclic amines) is 1. The molecule has 1 aliphatic rings. The summed E-state index contributed by atoms with van der Waals surface area (Å²) in [6, 6.07) is 2.93. The number of piperidine rings is 1. The van der Waals surface area contributed by atoms with Crippen molar-refractivity contribution in [3.8, 4) is 0 Å². The number of nitrogens with two attached hydrogens (primary N) is 1. The first-order chi connectivity index (χ1) is 9.11. The number of thiophene rings is 1. The van der Waals surface area contributed by atoms with E-state index in [4.69, 9.17) is 5.73 Å². The normalized spacial score (nSPS) is 16.6. The molecular weight excluding hydrogens is 266 g/mol. The summed E-state index contributed by atoms with van der Waals surface area (Å²) < 4.78 is 0. The molecular formula is C12H17N3O3S. The lowest BCUT2D eigenvalue weighted by Crippen LogP contribution is -2.38. The fourth-order valence-corrected chi connectivity index (χ4v) is 3.15. The Balaban J connectivity index is 1.95. The number of carbonyl (C=O) groups excluding carboxylic acids is 1. The molecule has 1 amide bonds. The summed E-state index contributed by atoms with van der Waals surface area (Å²) in [6.07, 6.45) is 2.94. The van der Waals surface area contributed by atoms with Gasteiger partial charge in [0.05, 0.1) is 9.80 Å². The van der Waals surface area contributed by atoms with E-state index in [1.165, 1.54) is 12.1 Å². The summed E-state index contributed by atoms with van der Waals surface area (Å²) in [4.78, 5) is 24.6. The van der Waals surface area contributed by atoms with Gasteiger partial charge in [-0.15, -0.1) is 0 Å². The number of carbonyl (C=O) groups is 1. The first kappa shape index (κ1) is 14.0. The Bertz CT molecular complexity index is 467. The van der Waals surface area contributed by atoms with Crippen molar-refractivity contribution in [3.05, 3.63) is 27.1 Å². The van der Waals surface area contributed by atoms with Crippen LogP contribution in [0.5, 0.6) is 0 Å². The van der Waals surface area contributed by atoms with E-state index < -0.39 is 4.92 Å². The SMILES string of the molecule is NCCC1CCN(C(=O)c2ccc([N+](=O)[O-])s2)CC1. The van der Waals surface area contributed by atoms with Crippen molar-refractivity contribution in [2.75, 3.05) is 19.6 Å². The van der Waals surface area contributed by atoms with Crippen LogP contribution in [0.2, 0.25) is 0 Å². The minimum atomic E-state index is -0.463. The van der Waals surface area contributed by atoms with E-state index in [0.29, 0.717) is 17.3 Å². The van der Waals surface area contributed by atoms with Crippen LogP contribution in [0, 0.1) is 16.0 Å². The second kappa shape index (κ2) is 6.12. The molecule has 0 radical (unpaired) electrons. The van der Waals surface area contributed by atoms with Crippen LogP contribution < -0.4 is 5.73 Å². The van der Waals surface area contributed by atoms with Crippen LogP contribution in [-0.2, 0) is 0 Å². The summed E-state index contributed by atoms with van der Waals surface area (Å²) in [6.45, 7) is 2.13. The Kier molecular flexibility index (Phi) is 4.49. The van der Waals surface area contributed by atoms with Gasteiger partial charge in [-0.25, -0.2) is 0 Å². The van der Waals surface area contributed by atoms with E-state index in [1.54, 1.807) is 4.90 Å². The van der Waals surface area contributed by atoms with Gasteiger partial charge in [-0.2, -0.15) is 0 Å². The summed E-state index contributed by atoms with van der Waals surface area (Å²) in [5.74, 6) is 0.510. The minimum Gasteiger partial charge on any atom is -0.338 e. The number of rotatable bonds is 4. The molecule has 19 heavy (non-hydrogen) atoms. The van der Waals surface area contributed by atoms with Gasteiger partial charge in [0.15, 0.2) is 0 Å². The predicted molar refractivity (Wildman–Crippen MR) is 73.3 cm³/mol. The van der Waals surface area contributed by atoms with Crippen LogP contribution in [0.1, 0.15) is 28.9 Å². The maximum Gasteiger partial charge on any atom is 0.324 e. The number of nitro groups is 1. The molecule has 0 bridgehead atoms. The molecule has 0 saturated carbocycles. The number of nitrogens with zero attached hydrogens (tertiary/aromatic N) is 2. The molecule has 1 aromatic heterocycles. The molecule has 1 aromatic rings. The summed E-state index contributed by atoms with van der Waals surface area (Å²) >= 11 is 0.944. The second-order valence-electron chi connectivity index (χ2n) is 4.71. The van der Waals surface area contributed by atoms with Crippen molar-refractivity contribution in [2.24, 2.45) is 11.7 Å². The number of hydrogen-bond acceptors (Lipinski definition) is 5. The Morgan fingerprint density at radius 3 is 2.68 bits per heavy atom. The fourth-order valence-electron chi connectivity index (χ4n) is 2.36. The van der Waals surface area contributed by atoms with Gasteiger partial charge in [0.1, 0.15) is 0 Å². The zero-order valence-electron chi connectivity index (χ0n) is 10.6. The second-order valence-corrected chi connectivity index (χ2v) is 5.77. The number of hydrogen-bond donors (Lipinski definition) is 1. The Morgan fingerprint density at radius 1 is 1.47 bits per heavy atom. The summed E-state index contributed by atoms with van der Waals surface area (Å²) in [7, 11) is 0. The highest BCUT2D eigenvalue weighted by Gasteiger charge is 2.25. The average Bonchev–Trinajstić information content (AvgIpc) is 2.89. The molecule has 0 atom stereocenters. The van der Waals surface area contributed by atoms with Crippen LogP contribution in [0.15, 0.2) is 12.1 Å². The van der Waals surface area contributed by atoms with Crippen LogP contribution in [0.3, 0.4) is 0 Å². The first-order valence-electron chi connectivity index (χ1n) is 6.35. The highest BCUT2D eigenvalue weighted by atomic mass is 32.1. The summed E-state index contributed by atoms with van der Waals surface area (Å²) in [5.41, 5.74) is 5.53. The van der Waals surface area contributed by atoms with E-state index in [0.717, 1.165) is 43.7 Å². The Hall–Kier alpha value is -1.47. The monoisotopic (exact) mass is 283 g/mol. The maximum absolute atomic E-state index is 12.2. The lowest BCUT2D eigenvalue weighted by molar-refractivity contribution is -0.380. The van der Waals surface area contributed by atoms with Crippen molar-refractivity contribution in [3.63, 3.8) is 0 Å². The van der Waals surface area contributed by atoms with Gasteiger partial charge in [-0.1, -0.05) is 11.3 Å². The molecule has 7 heteroatoms. The van der Waals surface area contributed by atoms with Crippen molar-refractivity contribution in [1.29, 1.82) is 0 Å². The van der Waals surface area contributed by atoms with Crippen LogP contribution in [0.25, 0.3) is 0 Å². The molecule has 2 rings (SSSR count). The van der Waals surface area contributed by atoms with Crippen molar-refractivity contribution in [1.82, 2.24) is 4.90 Å². The standard InChI is InChI=1S/C12H17N3O3S/c13-6-3-9-4-7-14(8-5-9)12(16)10-1-2-11(19-10)15(17)18/h1-2,9H,3-8,13H2. The van der Waals surface area contributed by atoms with Crippen molar-refractivity contribution < 1.29 is 9.72 Å². The quantitative estimate of drug-likeness (QED) is 0.674. The molecule has 1 aliphatic heterocycles. The largest absolute Gasteiger partial charge is 0.338 e. The van der Waals surface area contributed by atoms with Gasteiger partial charge in [0, 0.05) is 19.2 Å². The van der Waals surface area contributed by atoms with Gasteiger partial charge >= 0.3 is 5.00 Å². The van der Waals surface area contributed by atoms with E-state index in [9.17, 15) is 14.9 Å². The molecule has 2 heterocycles. The predicted octanol–water partition coefficient (Wildman–Crippen LogP) is 1.86. The Labute approximate surface area is 115 Å². The van der Waals surface area contributed by atoms with Crippen LogP contribution in [-0.4, -0.2) is 35.4 Å². The molecule has 6 nitrogen and oxygen atoms in total. The van der Waals surface area contributed by atoms with E-state index in [1.807, 2.05) is 0 Å². The fraction of sp³-hybridized carbons (Fsp3) is 0.583. The topological polar surface area (TPSA) is 89.5 Å². The lowest BCUT2D eigenvalue weighted by Gasteiger charge is -2.31. The van der Waals surface area contributed by atoms with Gasteiger partial charge < -0.3 is 10.6 Å². The van der Waals surface area contributed by atoms with Gasteiger partial charge in [-0.3, -0.25) is 14.9 Å². The molecule has 104 valence electrons. The highest BCUT2D eigenvalue weighted by molar-refractivity contribution is 7.17. The van der Waals surface area contributed by atoms with E-state index in [-0.39, 0.29) is 10.9 Å². The molecule has 0 aromatic carbocycles. The maximum atomic E-state index is 12.2. The van der Waals surface area contributed by atoms with E-state index in [2.05, 4.69) is 0 Å². The zero-order valence-corrected chi connectivity index (χ0v) is 11.4. The molecule has 1 saturated heterocycles. The highest BCUT2D eigenvalue weighted by Crippen LogP contribution is 2.27. The van der Waals surface area contributed by atoms with Gasteiger partial charge in [0.25, 0.3) is 5.91 Å². The van der Waals surface area contributed by atoms with Crippen LogP contribution in [0.4, 0.5) is 5.00 Å². The summed E-state index contributed by atoms with van der Waals surface area (Å²) in [5, 5.41) is 10.6. The first-order valence-corrected chi connectivity index (χ1v) is 7.17. The molecule has 1 fully saturated rings. The molecule has 2 N–H and O–H groups in total. The zero-order chi connectivity index (χ0) is 13.8. The van der Waals surface area contributed by atoms with E-state index >= 15 is 0 Å². The minimum absolute atomic E-state index is 0.0152. The lowest BCUT2D eigenvalue weighted by atomic mass is 9.93. The molecule has 0 spiro atoms. The Morgan fingerprint density at radius 2 is 2.16 bits per heavy atom. The third-order valence-corrected chi connectivity index (χ3v) is 4.48. The third kappa shape index (κ3) is 3.30. The van der Waals surface area contributed by atoms with Crippen molar-refractivity contribution in [2.45, 2.75) is 19.3 Å².